The molecule has 0 spiro atoms. The molecule has 0 bridgehead atoms. The first kappa shape index (κ1) is 14.7. The van der Waals surface area contributed by atoms with Gasteiger partial charge in [0.05, 0.1) is 17.8 Å². The molecule has 7 nitrogen and oxygen atoms in total. The van der Waals surface area contributed by atoms with Gasteiger partial charge in [-0.1, -0.05) is 0 Å². The minimum atomic E-state index is 0.430. The minimum Gasteiger partial charge on any atom is -0.457 e. The molecule has 0 radical (unpaired) electrons. The van der Waals surface area contributed by atoms with Crippen molar-refractivity contribution in [2.75, 3.05) is 0 Å². The highest BCUT2D eigenvalue weighted by Gasteiger charge is 2.08. The number of aromatic nitrogens is 4. The van der Waals surface area contributed by atoms with E-state index in [0.29, 0.717) is 39.7 Å². The van der Waals surface area contributed by atoms with Gasteiger partial charge in [-0.15, -0.1) is 0 Å². The number of nitrogens with zero attached hydrogens (tertiary/aromatic N) is 4. The van der Waals surface area contributed by atoms with Gasteiger partial charge in [0.25, 0.3) is 0 Å². The summed E-state index contributed by atoms with van der Waals surface area (Å²) < 4.78 is 11.5. The van der Waals surface area contributed by atoms with Crippen LogP contribution in [0.25, 0.3) is 11.0 Å². The summed E-state index contributed by atoms with van der Waals surface area (Å²) in [5, 5.41) is 16.2. The van der Waals surface area contributed by atoms with Crippen LogP contribution in [-0.2, 0) is 0 Å². The molecule has 0 aliphatic rings. The van der Waals surface area contributed by atoms with E-state index in [4.69, 9.17) is 14.7 Å². The smallest absolute Gasteiger partial charge is 0.233 e. The number of aromatic amines is 1. The quantitative estimate of drug-likeness (QED) is 0.611. The van der Waals surface area contributed by atoms with E-state index in [9.17, 15) is 0 Å². The maximum atomic E-state index is 8.80. The summed E-state index contributed by atoms with van der Waals surface area (Å²) in [6, 6.07) is 16.1. The van der Waals surface area contributed by atoms with E-state index in [1.807, 2.05) is 0 Å². The first-order chi connectivity index (χ1) is 12.3. The van der Waals surface area contributed by atoms with E-state index in [-0.39, 0.29) is 0 Å². The van der Waals surface area contributed by atoms with E-state index in [0.717, 1.165) is 0 Å². The summed E-state index contributed by atoms with van der Waals surface area (Å²) >= 11 is 0. The number of benzene rings is 2. The lowest BCUT2D eigenvalue weighted by Gasteiger charge is -2.08. The van der Waals surface area contributed by atoms with Crippen molar-refractivity contribution < 1.29 is 9.47 Å². The number of hydrogen-bond donors (Lipinski definition) is 1. The summed E-state index contributed by atoms with van der Waals surface area (Å²) in [5.74, 6) is 2.37. The SMILES string of the molecule is N#Cc1ccc(Oc2ccc(Oc3ncnc4[nH]ncc34)cc2)cc1. The summed E-state index contributed by atoms with van der Waals surface area (Å²) in [6.07, 6.45) is 3.03. The van der Waals surface area contributed by atoms with Crippen molar-refractivity contribution in [3.05, 3.63) is 66.6 Å². The summed E-state index contributed by atoms with van der Waals surface area (Å²) in [6.45, 7) is 0. The fourth-order valence-electron chi connectivity index (χ4n) is 2.25. The molecule has 120 valence electrons. The maximum absolute atomic E-state index is 8.80. The Morgan fingerprint density at radius 2 is 1.48 bits per heavy atom. The molecule has 0 unspecified atom stereocenters. The summed E-state index contributed by atoms with van der Waals surface area (Å²) in [5.41, 5.74) is 1.21. The van der Waals surface area contributed by atoms with E-state index in [1.165, 1.54) is 6.33 Å². The first-order valence-electron chi connectivity index (χ1n) is 7.42. The molecule has 0 atom stereocenters. The molecule has 0 saturated heterocycles. The lowest BCUT2D eigenvalue weighted by molar-refractivity contribution is 0.460. The normalized spacial score (nSPS) is 10.4. The Balaban J connectivity index is 1.50. The van der Waals surface area contributed by atoms with Crippen LogP contribution in [-0.4, -0.2) is 20.2 Å². The standard InChI is InChI=1S/C18H11N5O2/c19-9-12-1-3-13(4-2-12)24-14-5-7-15(8-6-14)25-18-16-10-22-23-17(16)20-11-21-18/h1-8,10-11H,(H,20,21,22,23). The Morgan fingerprint density at radius 1 is 0.840 bits per heavy atom. The molecule has 25 heavy (non-hydrogen) atoms. The molecular weight excluding hydrogens is 318 g/mol. The van der Waals surface area contributed by atoms with Crippen molar-refractivity contribution in [2.24, 2.45) is 0 Å². The Morgan fingerprint density at radius 3 is 2.16 bits per heavy atom. The van der Waals surface area contributed by atoms with Gasteiger partial charge < -0.3 is 9.47 Å². The molecule has 4 rings (SSSR count). The van der Waals surface area contributed by atoms with Gasteiger partial charge in [0.2, 0.25) is 5.88 Å². The van der Waals surface area contributed by atoms with Crippen LogP contribution in [0.3, 0.4) is 0 Å². The van der Waals surface area contributed by atoms with Crippen LogP contribution < -0.4 is 9.47 Å². The largest absolute Gasteiger partial charge is 0.457 e. The highest BCUT2D eigenvalue weighted by atomic mass is 16.5. The van der Waals surface area contributed by atoms with E-state index in [2.05, 4.69) is 26.2 Å². The molecule has 2 aromatic carbocycles. The van der Waals surface area contributed by atoms with Crippen molar-refractivity contribution in [1.29, 1.82) is 5.26 Å². The van der Waals surface area contributed by atoms with Gasteiger partial charge in [-0.2, -0.15) is 10.4 Å². The van der Waals surface area contributed by atoms with E-state index in [1.54, 1.807) is 54.7 Å². The second kappa shape index (κ2) is 6.29. The number of nitrogens with one attached hydrogen (secondary N) is 1. The molecule has 0 fully saturated rings. The highest BCUT2D eigenvalue weighted by Crippen LogP contribution is 2.28. The van der Waals surface area contributed by atoms with E-state index < -0.39 is 0 Å². The zero-order valence-corrected chi connectivity index (χ0v) is 12.9. The monoisotopic (exact) mass is 329 g/mol. The number of H-pyrrole nitrogens is 1. The van der Waals surface area contributed by atoms with Crippen molar-refractivity contribution in [3.8, 4) is 29.2 Å². The zero-order valence-electron chi connectivity index (χ0n) is 12.9. The molecule has 2 heterocycles. The lowest BCUT2D eigenvalue weighted by Crippen LogP contribution is -1.90. The van der Waals surface area contributed by atoms with Gasteiger partial charge in [-0.25, -0.2) is 9.97 Å². The molecule has 0 aliphatic carbocycles. The van der Waals surface area contributed by atoms with Gasteiger partial charge >= 0.3 is 0 Å². The second-order valence-electron chi connectivity index (χ2n) is 5.12. The van der Waals surface area contributed by atoms with Crippen LogP contribution >= 0.6 is 0 Å². The number of ether oxygens (including phenoxy) is 2. The van der Waals surface area contributed by atoms with Gasteiger partial charge in [0, 0.05) is 0 Å². The zero-order chi connectivity index (χ0) is 17.1. The maximum Gasteiger partial charge on any atom is 0.233 e. The fourth-order valence-corrected chi connectivity index (χ4v) is 2.25. The number of hydrogen-bond acceptors (Lipinski definition) is 6. The van der Waals surface area contributed by atoms with Crippen molar-refractivity contribution in [1.82, 2.24) is 20.2 Å². The molecule has 1 N–H and O–H groups in total. The summed E-state index contributed by atoms with van der Waals surface area (Å²) in [4.78, 5) is 8.20. The number of fused-ring (bicyclic) bond motifs is 1. The third kappa shape index (κ3) is 3.09. The molecule has 2 aromatic heterocycles. The van der Waals surface area contributed by atoms with Gasteiger partial charge in [-0.3, -0.25) is 5.10 Å². The molecule has 0 amide bonds. The molecule has 0 aliphatic heterocycles. The number of rotatable bonds is 4. The lowest BCUT2D eigenvalue weighted by atomic mass is 10.2. The van der Waals surface area contributed by atoms with Gasteiger partial charge in [0.1, 0.15) is 29.0 Å². The molecule has 0 saturated carbocycles. The average Bonchev–Trinajstić information content (AvgIpc) is 3.14. The Kier molecular flexibility index (Phi) is 3.69. The van der Waals surface area contributed by atoms with Crippen molar-refractivity contribution in [2.45, 2.75) is 0 Å². The predicted molar refractivity (Wildman–Crippen MR) is 89.4 cm³/mol. The van der Waals surface area contributed by atoms with E-state index >= 15 is 0 Å². The van der Waals surface area contributed by atoms with Gasteiger partial charge in [0.15, 0.2) is 5.65 Å². The van der Waals surface area contributed by atoms with Crippen LogP contribution in [0.1, 0.15) is 5.56 Å². The van der Waals surface area contributed by atoms with Crippen LogP contribution in [0.2, 0.25) is 0 Å². The Labute approximate surface area is 142 Å². The average molecular weight is 329 g/mol. The topological polar surface area (TPSA) is 96.7 Å². The van der Waals surface area contributed by atoms with Crippen molar-refractivity contribution >= 4 is 11.0 Å². The van der Waals surface area contributed by atoms with Crippen LogP contribution in [0.4, 0.5) is 0 Å². The predicted octanol–water partition coefficient (Wildman–Crippen LogP) is 3.81. The van der Waals surface area contributed by atoms with Crippen LogP contribution in [0.15, 0.2) is 61.1 Å². The van der Waals surface area contributed by atoms with Crippen LogP contribution in [0, 0.1) is 11.3 Å². The Bertz CT molecular complexity index is 1050. The molecular formula is C18H11N5O2. The molecule has 4 aromatic rings. The third-order valence-corrected chi connectivity index (χ3v) is 3.47. The minimum absolute atomic E-state index is 0.430. The van der Waals surface area contributed by atoms with Crippen molar-refractivity contribution in [3.63, 3.8) is 0 Å². The summed E-state index contributed by atoms with van der Waals surface area (Å²) in [7, 11) is 0. The third-order valence-electron chi connectivity index (χ3n) is 3.47. The second-order valence-corrected chi connectivity index (χ2v) is 5.12. The fraction of sp³-hybridized carbons (Fsp3) is 0. The first-order valence-corrected chi connectivity index (χ1v) is 7.42. The van der Waals surface area contributed by atoms with Gasteiger partial charge in [-0.05, 0) is 48.5 Å². The Hall–Kier alpha value is -3.92. The highest BCUT2D eigenvalue weighted by molar-refractivity contribution is 5.79. The number of nitriles is 1. The van der Waals surface area contributed by atoms with Crippen LogP contribution in [0.5, 0.6) is 23.1 Å². The molecule has 7 heteroatoms.